The topological polar surface area (TPSA) is 92.8 Å². The molecule has 0 radical (unpaired) electrons. The number of pyridine rings is 2. The van der Waals surface area contributed by atoms with Gasteiger partial charge in [-0.05, 0) is 107 Å². The van der Waals surface area contributed by atoms with Crippen LogP contribution in [0.2, 0.25) is 0 Å². The van der Waals surface area contributed by atoms with Crippen LogP contribution in [0.4, 0.5) is 0 Å². The van der Waals surface area contributed by atoms with Crippen LogP contribution in [0.5, 0.6) is 0 Å². The van der Waals surface area contributed by atoms with Gasteiger partial charge in [0.25, 0.3) is 0 Å². The smallest absolute Gasteiger partial charge is 0.191 e. The van der Waals surface area contributed by atoms with E-state index in [0.29, 0.717) is 0 Å². The molecule has 3 aromatic carbocycles. The van der Waals surface area contributed by atoms with Gasteiger partial charge in [0.1, 0.15) is 5.76 Å². The lowest BCUT2D eigenvalue weighted by Gasteiger charge is -1.96. The lowest BCUT2D eigenvalue weighted by molar-refractivity contribution is 0.494. The molecule has 1 aliphatic heterocycles. The summed E-state index contributed by atoms with van der Waals surface area (Å²) in [4.78, 5) is 17.3. The first-order chi connectivity index (χ1) is 32.1. The third-order valence-electron chi connectivity index (χ3n) is 7.35. The predicted molar refractivity (Wildman–Crippen MR) is 296 cm³/mol. The Bertz CT molecular complexity index is 2070. The van der Waals surface area contributed by atoms with Crippen molar-refractivity contribution >= 4 is 28.5 Å². The van der Waals surface area contributed by atoms with Crippen LogP contribution in [0, 0.1) is 55.4 Å². The Morgan fingerprint density at radius 2 is 1.12 bits per heavy atom. The van der Waals surface area contributed by atoms with Crippen LogP contribution in [0.15, 0.2) is 155 Å². The van der Waals surface area contributed by atoms with E-state index >= 15 is 0 Å². The van der Waals surface area contributed by atoms with Crippen LogP contribution in [-0.2, 0) is 6.54 Å². The number of hydrogen-bond acceptors (Lipinski definition) is 7. The maximum Gasteiger partial charge on any atom is 0.191 e. The minimum atomic E-state index is 0.734. The highest BCUT2D eigenvalue weighted by Crippen LogP contribution is 2.15. The molecule has 8 aromatic rings. The quantitative estimate of drug-likeness (QED) is 0.164. The monoisotopic (exact) mass is 917 g/mol. The lowest BCUT2D eigenvalue weighted by atomic mass is 10.1. The van der Waals surface area contributed by atoms with E-state index in [1.807, 2.05) is 184 Å². The van der Waals surface area contributed by atoms with E-state index in [4.69, 9.17) is 4.42 Å². The highest BCUT2D eigenvalue weighted by molar-refractivity contribution is 7.09. The number of benzene rings is 3. The van der Waals surface area contributed by atoms with Gasteiger partial charge in [-0.25, -0.2) is 4.98 Å². The molecule has 0 spiro atoms. The molecule has 5 aromatic heterocycles. The Hall–Kier alpha value is -5.99. The number of aromatic amines is 1. The van der Waals surface area contributed by atoms with Gasteiger partial charge in [-0.2, -0.15) is 5.10 Å². The summed E-state index contributed by atoms with van der Waals surface area (Å²) < 4.78 is 4.97. The van der Waals surface area contributed by atoms with Gasteiger partial charge in [-0.15, -0.1) is 11.3 Å². The molecule has 1 N–H and O–H groups in total. The molecule has 1 aliphatic rings. The van der Waals surface area contributed by atoms with Crippen LogP contribution in [0.1, 0.15) is 139 Å². The summed E-state index contributed by atoms with van der Waals surface area (Å²) in [6.07, 6.45) is 10.9. The van der Waals surface area contributed by atoms with Crippen LogP contribution in [0.3, 0.4) is 0 Å². The standard InChI is InChI=1S/C9H9N.C8H8N2.C7H8.2C6H7N.C5H7NO.C5H6S.6C2H6/c1-7-2-3-8-5-10-6-9(8)4-7;1-6-2-3-8-7(4-6)5-9-10-8;1-7-5-3-2-4-6-7;1-6-3-2-4-7-5-6;1-6-4-2-3-5-7-6;1-4-3-6-5(2)7-4;1-5-3-2-4-6-5;6*1-2/h2-5H,6H2,1H3;2-5H,1H3,(H,9,10);2-6H,1H3;2*2-5H,1H3;3H,1-2H3;2-4H,1H3;6*1-2H3. The maximum atomic E-state index is 4.97. The van der Waals surface area contributed by atoms with Crippen molar-refractivity contribution in [1.29, 1.82) is 0 Å². The number of nitrogens with one attached hydrogen (secondary N) is 1. The van der Waals surface area contributed by atoms with E-state index in [9.17, 15) is 0 Å². The molecule has 8 heteroatoms. The van der Waals surface area contributed by atoms with Gasteiger partial charge >= 0.3 is 0 Å². The van der Waals surface area contributed by atoms with Gasteiger partial charge in [0.2, 0.25) is 0 Å². The fourth-order valence-electron chi connectivity index (χ4n) is 4.56. The van der Waals surface area contributed by atoms with Crippen LogP contribution >= 0.6 is 11.3 Å². The molecule has 9 rings (SSSR count). The second-order valence-corrected chi connectivity index (χ2v) is 13.7. The molecule has 0 saturated heterocycles. The van der Waals surface area contributed by atoms with Crippen LogP contribution in [0.25, 0.3) is 10.9 Å². The Balaban J connectivity index is -0.000000329. The molecule has 6 heterocycles. The maximum absolute atomic E-state index is 4.97. The number of oxazole rings is 1. The second-order valence-electron chi connectivity index (χ2n) is 12.5. The van der Waals surface area contributed by atoms with E-state index in [1.54, 1.807) is 29.9 Å². The molecule has 0 unspecified atom stereocenters. The number of nitrogens with zero attached hydrogens (tertiary/aromatic N) is 5. The van der Waals surface area contributed by atoms with E-state index in [1.165, 1.54) is 43.6 Å². The molecular formula is C58H88N6OS. The van der Waals surface area contributed by atoms with Gasteiger partial charge in [0, 0.05) is 47.7 Å². The zero-order valence-corrected chi connectivity index (χ0v) is 45.5. The third kappa shape index (κ3) is 36.4. The molecule has 0 bridgehead atoms. The summed E-state index contributed by atoms with van der Waals surface area (Å²) >= 11 is 1.78. The Morgan fingerprint density at radius 1 is 0.515 bits per heavy atom. The van der Waals surface area contributed by atoms with Crippen LogP contribution < -0.4 is 0 Å². The van der Waals surface area contributed by atoms with Crippen molar-refractivity contribution in [3.8, 4) is 0 Å². The van der Waals surface area contributed by atoms with Crippen molar-refractivity contribution in [2.75, 3.05) is 0 Å². The third-order valence-corrected chi connectivity index (χ3v) is 8.15. The summed E-state index contributed by atoms with van der Waals surface area (Å²) in [5, 5.41) is 10.1. The van der Waals surface area contributed by atoms with E-state index in [2.05, 4.69) is 118 Å². The van der Waals surface area contributed by atoms with E-state index in [-0.39, 0.29) is 0 Å². The molecule has 0 aliphatic carbocycles. The number of hydrogen-bond donors (Lipinski definition) is 1. The Kier molecular flexibility index (Phi) is 48.9. The zero-order valence-electron chi connectivity index (χ0n) is 44.7. The Labute approximate surface area is 407 Å². The summed E-state index contributed by atoms with van der Waals surface area (Å²) in [5.74, 6) is 1.61. The molecular weight excluding hydrogens is 829 g/mol. The molecule has 0 saturated carbocycles. The number of aryl methyl sites for hydroxylation is 8. The number of fused-ring (bicyclic) bond motifs is 2. The minimum Gasteiger partial charge on any atom is -0.446 e. The van der Waals surface area contributed by atoms with E-state index in [0.717, 1.165) is 29.4 Å². The number of aromatic nitrogens is 5. The van der Waals surface area contributed by atoms with Crippen molar-refractivity contribution in [2.24, 2.45) is 4.99 Å². The minimum absolute atomic E-state index is 0.734. The van der Waals surface area contributed by atoms with Crippen molar-refractivity contribution in [3.05, 3.63) is 201 Å². The second kappa shape index (κ2) is 48.5. The fourth-order valence-corrected chi connectivity index (χ4v) is 5.09. The first-order valence-electron chi connectivity index (χ1n) is 23.7. The SMILES string of the molecule is CC.CC.CC.CC.CC.CC.Cc1ccc2[nH]ncc2c1.Cc1ccc2c(c1)CN=C2.Cc1ccccc1.Cc1ccccn1.Cc1cccnc1.Cc1cccs1.Cc1cnc(C)o1. The van der Waals surface area contributed by atoms with E-state index < -0.39 is 0 Å². The van der Waals surface area contributed by atoms with Crippen molar-refractivity contribution in [3.63, 3.8) is 0 Å². The molecule has 362 valence electrons. The number of thiophene rings is 1. The first-order valence-corrected chi connectivity index (χ1v) is 24.6. The highest BCUT2D eigenvalue weighted by atomic mass is 32.1. The fraction of sp³-hybridized carbons (Fsp3) is 0.362. The summed E-state index contributed by atoms with van der Waals surface area (Å²) in [6, 6.07) is 36.9. The van der Waals surface area contributed by atoms with Crippen molar-refractivity contribution < 1.29 is 4.42 Å². The van der Waals surface area contributed by atoms with Gasteiger partial charge in [0.15, 0.2) is 5.89 Å². The highest BCUT2D eigenvalue weighted by Gasteiger charge is 2.03. The molecule has 0 fully saturated rings. The average molecular weight is 917 g/mol. The predicted octanol–water partition coefficient (Wildman–Crippen LogP) is 18.1. The van der Waals surface area contributed by atoms with Gasteiger partial charge < -0.3 is 4.42 Å². The first kappa shape index (κ1) is 66.6. The van der Waals surface area contributed by atoms with Crippen LogP contribution in [-0.4, -0.2) is 31.4 Å². The lowest BCUT2D eigenvalue weighted by Crippen LogP contribution is -1.83. The van der Waals surface area contributed by atoms with Gasteiger partial charge in [-0.3, -0.25) is 20.1 Å². The van der Waals surface area contributed by atoms with Crippen molar-refractivity contribution in [1.82, 2.24) is 25.1 Å². The molecule has 0 amide bonds. The normalized spacial score (nSPS) is 8.79. The van der Waals surface area contributed by atoms with Gasteiger partial charge in [0.05, 0.1) is 24.5 Å². The number of aliphatic imine (C=N–C) groups is 1. The molecule has 66 heavy (non-hydrogen) atoms. The molecule has 0 atom stereocenters. The number of H-pyrrole nitrogens is 1. The van der Waals surface area contributed by atoms with Crippen molar-refractivity contribution in [2.45, 2.75) is 145 Å². The summed E-state index contributed by atoms with van der Waals surface area (Å²) in [7, 11) is 0. The Morgan fingerprint density at radius 3 is 1.52 bits per heavy atom. The largest absolute Gasteiger partial charge is 0.446 e. The summed E-state index contributed by atoms with van der Waals surface area (Å²) in [5.41, 5.74) is 9.95. The van der Waals surface area contributed by atoms with Gasteiger partial charge in [-0.1, -0.05) is 173 Å². The zero-order chi connectivity index (χ0) is 51.0. The average Bonchev–Trinajstić information content (AvgIpc) is 4.22. The number of rotatable bonds is 0. The summed E-state index contributed by atoms with van der Waals surface area (Å²) in [6.45, 7) is 40.9. The molecule has 7 nitrogen and oxygen atoms in total.